The summed E-state index contributed by atoms with van der Waals surface area (Å²) >= 11 is 0. The molecule has 20 heavy (non-hydrogen) atoms. The van der Waals surface area contributed by atoms with E-state index in [2.05, 4.69) is 38.1 Å². The molecular weight excluding hydrogens is 250 g/mol. The van der Waals surface area contributed by atoms with Gasteiger partial charge >= 0.3 is 0 Å². The minimum Gasteiger partial charge on any atom is -0.377 e. The summed E-state index contributed by atoms with van der Waals surface area (Å²) in [5.74, 6) is 0.547. The molecule has 1 aromatic rings. The fourth-order valence-electron chi connectivity index (χ4n) is 1.84. The fourth-order valence-corrected chi connectivity index (χ4v) is 1.84. The van der Waals surface area contributed by atoms with Crippen molar-refractivity contribution in [2.75, 3.05) is 19.8 Å². The Labute approximate surface area is 123 Å². The van der Waals surface area contributed by atoms with Gasteiger partial charge in [0.05, 0.1) is 31.5 Å². The van der Waals surface area contributed by atoms with Crippen molar-refractivity contribution in [2.24, 2.45) is 5.73 Å². The summed E-state index contributed by atoms with van der Waals surface area (Å²) < 4.78 is 11.2. The Kier molecular flexibility index (Phi) is 6.66. The minimum absolute atomic E-state index is 0.0779. The normalized spacial score (nSPS) is 13.8. The van der Waals surface area contributed by atoms with Crippen LogP contribution in [0, 0.1) is 0 Å². The highest BCUT2D eigenvalue weighted by Crippen LogP contribution is 2.17. The summed E-state index contributed by atoms with van der Waals surface area (Å²) in [4.78, 5) is 0. The molecule has 1 unspecified atom stereocenters. The average molecular weight is 279 g/mol. The summed E-state index contributed by atoms with van der Waals surface area (Å²) in [6.45, 7) is 12.2. The van der Waals surface area contributed by atoms with Gasteiger partial charge in [-0.15, -0.1) is 0 Å². The van der Waals surface area contributed by atoms with Gasteiger partial charge in [0.25, 0.3) is 0 Å². The zero-order valence-electron chi connectivity index (χ0n) is 13.5. The second kappa shape index (κ2) is 7.77. The molecule has 0 saturated heterocycles. The first kappa shape index (κ1) is 17.2. The van der Waals surface area contributed by atoms with Crippen molar-refractivity contribution in [1.29, 1.82) is 0 Å². The van der Waals surface area contributed by atoms with Crippen molar-refractivity contribution in [3.8, 4) is 0 Å². The molecule has 0 radical (unpaired) electrons. The summed E-state index contributed by atoms with van der Waals surface area (Å²) in [5, 5.41) is 0. The third-order valence-electron chi connectivity index (χ3n) is 3.09. The van der Waals surface area contributed by atoms with E-state index in [9.17, 15) is 0 Å². The van der Waals surface area contributed by atoms with E-state index in [-0.39, 0.29) is 11.6 Å². The molecule has 0 amide bonds. The SMILES string of the molecule is CC(C)c1ccc(C(N)COCCOC(C)(C)C)cc1. The second-order valence-electron chi connectivity index (χ2n) is 6.46. The molecule has 0 aliphatic carbocycles. The van der Waals surface area contributed by atoms with E-state index in [0.29, 0.717) is 25.7 Å². The monoisotopic (exact) mass is 279 g/mol. The van der Waals surface area contributed by atoms with Crippen molar-refractivity contribution in [3.63, 3.8) is 0 Å². The molecule has 0 fully saturated rings. The van der Waals surface area contributed by atoms with E-state index in [1.54, 1.807) is 0 Å². The molecule has 3 nitrogen and oxygen atoms in total. The summed E-state index contributed by atoms with van der Waals surface area (Å²) in [6, 6.07) is 8.39. The van der Waals surface area contributed by atoms with E-state index in [0.717, 1.165) is 5.56 Å². The Morgan fingerprint density at radius 3 is 2.05 bits per heavy atom. The van der Waals surface area contributed by atoms with Crippen LogP contribution in [0.25, 0.3) is 0 Å². The van der Waals surface area contributed by atoms with Crippen LogP contribution in [-0.2, 0) is 9.47 Å². The van der Waals surface area contributed by atoms with Gasteiger partial charge in [0.2, 0.25) is 0 Å². The summed E-state index contributed by atoms with van der Waals surface area (Å²) in [6.07, 6.45) is 0. The third-order valence-corrected chi connectivity index (χ3v) is 3.09. The molecule has 0 spiro atoms. The van der Waals surface area contributed by atoms with Gasteiger partial charge in [0.1, 0.15) is 0 Å². The zero-order valence-corrected chi connectivity index (χ0v) is 13.5. The molecule has 1 atom stereocenters. The van der Waals surface area contributed by atoms with Crippen LogP contribution in [0.5, 0.6) is 0 Å². The van der Waals surface area contributed by atoms with Crippen LogP contribution in [0.15, 0.2) is 24.3 Å². The molecule has 1 rings (SSSR count). The average Bonchev–Trinajstić information content (AvgIpc) is 2.37. The lowest BCUT2D eigenvalue weighted by Crippen LogP contribution is -2.23. The number of benzene rings is 1. The summed E-state index contributed by atoms with van der Waals surface area (Å²) in [7, 11) is 0. The zero-order chi connectivity index (χ0) is 15.2. The predicted octanol–water partition coefficient (Wildman–Crippen LogP) is 3.64. The number of hydrogen-bond donors (Lipinski definition) is 1. The van der Waals surface area contributed by atoms with E-state index in [1.165, 1.54) is 5.56 Å². The lowest BCUT2D eigenvalue weighted by Gasteiger charge is -2.20. The Morgan fingerprint density at radius 1 is 1.00 bits per heavy atom. The van der Waals surface area contributed by atoms with Crippen LogP contribution in [0.3, 0.4) is 0 Å². The molecule has 0 heterocycles. The van der Waals surface area contributed by atoms with E-state index in [1.807, 2.05) is 20.8 Å². The smallest absolute Gasteiger partial charge is 0.0707 e. The highest BCUT2D eigenvalue weighted by Gasteiger charge is 2.10. The van der Waals surface area contributed by atoms with Gasteiger partial charge in [-0.1, -0.05) is 38.1 Å². The molecule has 0 aliphatic rings. The molecule has 0 aliphatic heterocycles. The van der Waals surface area contributed by atoms with Crippen molar-refractivity contribution in [1.82, 2.24) is 0 Å². The van der Waals surface area contributed by atoms with Crippen molar-refractivity contribution >= 4 is 0 Å². The van der Waals surface area contributed by atoms with E-state index >= 15 is 0 Å². The first-order valence-electron chi connectivity index (χ1n) is 7.37. The van der Waals surface area contributed by atoms with Crippen molar-refractivity contribution in [2.45, 2.75) is 52.2 Å². The molecule has 0 saturated carbocycles. The minimum atomic E-state index is -0.113. The van der Waals surface area contributed by atoms with Crippen LogP contribution in [0.2, 0.25) is 0 Å². The van der Waals surface area contributed by atoms with Gasteiger partial charge in [0, 0.05) is 0 Å². The van der Waals surface area contributed by atoms with Gasteiger partial charge in [-0.25, -0.2) is 0 Å². The predicted molar refractivity (Wildman–Crippen MR) is 84.0 cm³/mol. The quantitative estimate of drug-likeness (QED) is 0.775. The highest BCUT2D eigenvalue weighted by atomic mass is 16.5. The van der Waals surface area contributed by atoms with Crippen LogP contribution in [0.4, 0.5) is 0 Å². The Balaban J connectivity index is 2.30. The molecule has 0 aromatic heterocycles. The highest BCUT2D eigenvalue weighted by molar-refractivity contribution is 5.26. The largest absolute Gasteiger partial charge is 0.377 e. The Hall–Kier alpha value is -0.900. The fraction of sp³-hybridized carbons (Fsp3) is 0.647. The number of rotatable bonds is 7. The maximum absolute atomic E-state index is 6.12. The van der Waals surface area contributed by atoms with E-state index in [4.69, 9.17) is 15.2 Å². The molecule has 114 valence electrons. The molecule has 3 heteroatoms. The van der Waals surface area contributed by atoms with Gasteiger partial charge in [0.15, 0.2) is 0 Å². The van der Waals surface area contributed by atoms with Crippen LogP contribution in [0.1, 0.15) is 57.7 Å². The van der Waals surface area contributed by atoms with Crippen LogP contribution in [-0.4, -0.2) is 25.4 Å². The lowest BCUT2D eigenvalue weighted by atomic mass is 10.00. The van der Waals surface area contributed by atoms with Gasteiger partial charge in [-0.2, -0.15) is 0 Å². The Morgan fingerprint density at radius 2 is 1.55 bits per heavy atom. The molecule has 0 bridgehead atoms. The number of ether oxygens (including phenoxy) is 2. The number of nitrogens with two attached hydrogens (primary N) is 1. The van der Waals surface area contributed by atoms with Crippen LogP contribution >= 0.6 is 0 Å². The second-order valence-corrected chi connectivity index (χ2v) is 6.46. The molecular formula is C17H29NO2. The Bertz CT molecular complexity index is 379. The van der Waals surface area contributed by atoms with E-state index < -0.39 is 0 Å². The van der Waals surface area contributed by atoms with Crippen LogP contribution < -0.4 is 5.73 Å². The maximum Gasteiger partial charge on any atom is 0.0707 e. The lowest BCUT2D eigenvalue weighted by molar-refractivity contribution is -0.0363. The summed E-state index contributed by atoms with van der Waals surface area (Å²) in [5.41, 5.74) is 8.46. The first-order valence-corrected chi connectivity index (χ1v) is 7.37. The standard InChI is InChI=1S/C17H29NO2/c1-13(2)14-6-8-15(9-7-14)16(18)12-19-10-11-20-17(3,4)5/h6-9,13,16H,10-12,18H2,1-5H3. The van der Waals surface area contributed by atoms with Gasteiger partial charge in [-0.3, -0.25) is 0 Å². The topological polar surface area (TPSA) is 44.5 Å². The van der Waals surface area contributed by atoms with Gasteiger partial charge < -0.3 is 15.2 Å². The number of hydrogen-bond acceptors (Lipinski definition) is 3. The molecule has 2 N–H and O–H groups in total. The molecule has 1 aromatic carbocycles. The first-order chi connectivity index (χ1) is 9.29. The maximum atomic E-state index is 6.12. The van der Waals surface area contributed by atoms with Crippen molar-refractivity contribution < 1.29 is 9.47 Å². The van der Waals surface area contributed by atoms with Crippen molar-refractivity contribution in [3.05, 3.63) is 35.4 Å². The van der Waals surface area contributed by atoms with Gasteiger partial charge in [-0.05, 0) is 37.8 Å². The third kappa shape index (κ3) is 6.51.